The van der Waals surface area contributed by atoms with Gasteiger partial charge in [-0.1, -0.05) is 6.58 Å². The molecule has 0 amide bonds. The summed E-state index contributed by atoms with van der Waals surface area (Å²) in [6.45, 7) is -4.67. The van der Waals surface area contributed by atoms with Gasteiger partial charge in [-0.15, -0.1) is 0 Å². The van der Waals surface area contributed by atoms with Crippen LogP contribution >= 0.6 is 0 Å². The van der Waals surface area contributed by atoms with E-state index in [4.69, 9.17) is 0 Å². The topological polar surface area (TPSA) is 88.1 Å². The van der Waals surface area contributed by atoms with Crippen LogP contribution in [0.4, 0.5) is 127 Å². The average Bonchev–Trinajstić information content (AvgIpc) is 3.16. The van der Waals surface area contributed by atoms with Gasteiger partial charge < -0.3 is 18.9 Å². The Kier molecular flexibility index (Phi) is 9.73. The molecule has 8 fully saturated rings. The number of hydrogen-bond donors (Lipinski definition) is 0. The number of alkyl halides is 29. The van der Waals surface area contributed by atoms with Crippen molar-refractivity contribution >= 4 is 17.7 Å². The van der Waals surface area contributed by atoms with Crippen LogP contribution in [-0.2, 0) is 33.3 Å². The molecular weight excluding hydrogens is 1040 g/mol. The first-order valence-corrected chi connectivity index (χ1v) is 17.1. The minimum atomic E-state index is -8.54. The van der Waals surface area contributed by atoms with E-state index in [9.17, 15) is 67.1 Å². The van der Waals surface area contributed by atoms with Crippen molar-refractivity contribution in [1.29, 1.82) is 0 Å². The van der Waals surface area contributed by atoms with Gasteiger partial charge in [-0.3, -0.25) is 4.79 Å². The molecule has 8 saturated carbocycles. The maximum absolute atomic E-state index is 15.8. The molecule has 7 nitrogen and oxygen atoms in total. The van der Waals surface area contributed by atoms with Crippen LogP contribution in [0.15, 0.2) is 12.2 Å². The second-order valence-electron chi connectivity index (χ2n) is 15.9. The maximum Gasteiger partial charge on any atom is 0.374 e. The number of hydrogen-bond acceptors (Lipinski definition) is 7. The summed E-state index contributed by atoms with van der Waals surface area (Å²) in [6, 6.07) is 0. The Balaban J connectivity index is 1.59. The minimum absolute atomic E-state index is 0.118. The number of ether oxygens (including phenoxy) is 4. The highest BCUT2D eigenvalue weighted by Gasteiger charge is 3.24. The number of carbonyl (C=O) groups is 3. The third-order valence-corrected chi connectivity index (χ3v) is 12.9. The van der Waals surface area contributed by atoms with E-state index in [1.807, 2.05) is 0 Å². The van der Waals surface area contributed by atoms with Crippen molar-refractivity contribution < 1.29 is 161 Å². The van der Waals surface area contributed by atoms with Gasteiger partial charge in [-0.25, -0.2) is 40.3 Å². The fourth-order valence-electron chi connectivity index (χ4n) is 9.39. The van der Waals surface area contributed by atoms with E-state index < -0.39 is 165 Å². The smallest absolute Gasteiger partial charge is 0.374 e. The van der Waals surface area contributed by atoms with Crippen molar-refractivity contribution in [3.63, 3.8) is 0 Å². The van der Waals surface area contributed by atoms with E-state index in [-0.39, 0.29) is 6.92 Å². The average molecular weight is 1050 g/mol. The highest BCUT2D eigenvalue weighted by atomic mass is 19.4. The third kappa shape index (κ3) is 3.98. The molecule has 0 aromatic rings. The van der Waals surface area contributed by atoms with E-state index in [2.05, 4.69) is 25.5 Å². The summed E-state index contributed by atoms with van der Waals surface area (Å²) in [5.41, 5.74) is -66.6. The van der Waals surface area contributed by atoms with Gasteiger partial charge in [-0.2, -0.15) is 96.6 Å². The quantitative estimate of drug-likeness (QED) is 0.0895. The van der Waals surface area contributed by atoms with E-state index in [0.29, 0.717) is 6.92 Å². The lowest BCUT2D eigenvalue weighted by Crippen LogP contribution is -3.10. The normalized spacial score (nSPS) is 45.4. The zero-order valence-corrected chi connectivity index (χ0v) is 31.2. The van der Waals surface area contributed by atoms with Gasteiger partial charge in [-0.05, 0) is 6.92 Å². The molecule has 0 heterocycles. The summed E-state index contributed by atoms with van der Waals surface area (Å²) < 4.78 is 462. The van der Waals surface area contributed by atoms with Gasteiger partial charge >= 0.3 is 105 Å². The first-order valence-electron chi connectivity index (χ1n) is 17.1. The molecule has 8 aliphatic rings. The van der Waals surface area contributed by atoms with E-state index in [0.717, 1.165) is 0 Å². The highest BCUT2D eigenvalue weighted by Crippen LogP contribution is 2.90. The van der Waals surface area contributed by atoms with Crippen LogP contribution in [-0.4, -0.2) is 160 Å². The molecule has 0 aromatic heterocycles. The molecular formula is C31H15F29O7. The van der Waals surface area contributed by atoms with E-state index in [1.165, 1.54) is 0 Å². The van der Waals surface area contributed by atoms with Gasteiger partial charge in [0, 0.05) is 12.5 Å². The summed E-state index contributed by atoms with van der Waals surface area (Å²) in [7, 11) is 0. The standard InChI is InChI=1S/C31H15F29O7/c1-6(2)10(62)66-8(4-64-14-12(32)13(33)21(39,40)15(34,23(14,43)44)25(47,48)16(35,22(13,41)42)24(14,45)46)9(67-11(63)7(3)61)5-65-20-29(55,56)17(36)26(49,50)18(37,30(20,57)58)28(53,54)19(38,27(17,51)52)31(20,59)60/h8-9,12H,1,4-5H2,2-3H3. The molecule has 0 spiro atoms. The lowest BCUT2D eigenvalue weighted by molar-refractivity contribution is -0.619. The van der Waals surface area contributed by atoms with E-state index >= 15 is 74.6 Å². The number of ketones is 1. The summed E-state index contributed by atoms with van der Waals surface area (Å²) in [5, 5.41) is 0. The number of carbonyl (C=O) groups excluding carboxylic acids is 3. The van der Waals surface area contributed by atoms with Crippen molar-refractivity contribution in [2.45, 2.75) is 143 Å². The predicted octanol–water partition coefficient (Wildman–Crippen LogP) is 8.14. The van der Waals surface area contributed by atoms with Crippen LogP contribution in [0.3, 0.4) is 0 Å². The fourth-order valence-corrected chi connectivity index (χ4v) is 9.39. The number of Topliss-reactive ketones (excluding diaryl/α,β-unsaturated/α-hetero) is 1. The lowest BCUT2D eigenvalue weighted by Gasteiger charge is -2.74. The van der Waals surface area contributed by atoms with Gasteiger partial charge in [0.05, 0.1) is 13.2 Å². The van der Waals surface area contributed by atoms with Crippen LogP contribution in [0.5, 0.6) is 0 Å². The zero-order chi connectivity index (χ0) is 52.8. The molecule has 0 aromatic carbocycles. The SMILES string of the molecule is C=C(C)C(=O)OC(COC12C(F)C3(F)C(F)(F)C(F)(C1(F)F)C(F)(F)C(F)(C3(F)F)C2(F)F)C(COC12C(F)(F)C3(F)C(F)(F)C(F)(C(F)(F)C(F)(C3(F)F)C1(F)F)C2(F)F)OC(=O)C(C)=O. The fraction of sp³-hybridized carbons (Fsp3) is 0.839. The Morgan fingerprint density at radius 2 is 0.687 bits per heavy atom. The molecule has 384 valence electrons. The molecule has 36 heteroatoms. The Morgan fingerprint density at radius 3 is 0.970 bits per heavy atom. The molecule has 5 atom stereocenters. The van der Waals surface area contributed by atoms with Crippen molar-refractivity contribution in [2.24, 2.45) is 0 Å². The maximum atomic E-state index is 15.8. The molecule has 8 aliphatic carbocycles. The van der Waals surface area contributed by atoms with Crippen molar-refractivity contribution in [1.82, 2.24) is 0 Å². The summed E-state index contributed by atoms with van der Waals surface area (Å²) >= 11 is 0. The largest absolute Gasteiger partial charge is 0.452 e. The van der Waals surface area contributed by atoms with Gasteiger partial charge in [0.25, 0.3) is 11.3 Å². The molecule has 0 radical (unpaired) electrons. The van der Waals surface area contributed by atoms with Gasteiger partial charge in [0.1, 0.15) is 0 Å². The van der Waals surface area contributed by atoms with Crippen LogP contribution in [0, 0.1) is 0 Å². The molecule has 5 unspecified atom stereocenters. The second kappa shape index (κ2) is 12.4. The molecule has 67 heavy (non-hydrogen) atoms. The minimum Gasteiger partial charge on any atom is -0.452 e. The number of esters is 2. The number of halogens is 29. The first kappa shape index (κ1) is 52.6. The van der Waals surface area contributed by atoms with Crippen molar-refractivity contribution in [2.75, 3.05) is 13.2 Å². The number of rotatable bonds is 11. The van der Waals surface area contributed by atoms with Crippen LogP contribution in [0.1, 0.15) is 13.8 Å². The second-order valence-corrected chi connectivity index (χ2v) is 15.9. The lowest BCUT2D eigenvalue weighted by atomic mass is 9.40. The Morgan fingerprint density at radius 1 is 0.418 bits per heavy atom. The van der Waals surface area contributed by atoms with Crippen molar-refractivity contribution in [3.8, 4) is 0 Å². The van der Waals surface area contributed by atoms with Crippen LogP contribution < -0.4 is 0 Å². The summed E-state index contributed by atoms with van der Waals surface area (Å²) in [6.07, 6.45) is -15.4. The van der Waals surface area contributed by atoms with Crippen molar-refractivity contribution in [3.05, 3.63) is 12.2 Å². The van der Waals surface area contributed by atoms with Gasteiger partial charge in [0.2, 0.25) is 11.4 Å². The molecule has 8 bridgehead atoms. The molecule has 0 N–H and O–H groups in total. The molecule has 0 aliphatic heterocycles. The third-order valence-electron chi connectivity index (χ3n) is 12.9. The van der Waals surface area contributed by atoms with Gasteiger partial charge in [0.15, 0.2) is 18.4 Å². The Bertz CT molecular complexity index is 2090. The molecule has 0 saturated heterocycles. The molecule has 8 rings (SSSR count). The summed E-state index contributed by atoms with van der Waals surface area (Å²) in [5.74, 6) is -100. The van der Waals surface area contributed by atoms with Crippen LogP contribution in [0.2, 0.25) is 0 Å². The predicted molar refractivity (Wildman–Crippen MR) is 145 cm³/mol. The highest BCUT2D eigenvalue weighted by molar-refractivity contribution is 6.32. The Labute approximate surface area is 347 Å². The van der Waals surface area contributed by atoms with E-state index in [1.54, 1.807) is 0 Å². The van der Waals surface area contributed by atoms with Crippen LogP contribution in [0.25, 0.3) is 0 Å². The summed E-state index contributed by atoms with van der Waals surface area (Å²) in [4.78, 5) is 36.4. The Hall–Kier alpha value is -3.76. The monoisotopic (exact) mass is 1050 g/mol. The zero-order valence-electron chi connectivity index (χ0n) is 31.2. The first-order chi connectivity index (χ1) is 29.3.